The molecule has 4 aliphatic rings. The highest BCUT2D eigenvalue weighted by molar-refractivity contribution is 8.00. The average molecular weight is 442 g/mol. The molecule has 1 heterocycles. The zero-order valence-electron chi connectivity index (χ0n) is 19.6. The third-order valence-corrected chi connectivity index (χ3v) is 9.00. The van der Waals surface area contributed by atoms with Crippen molar-refractivity contribution >= 4 is 17.7 Å². The summed E-state index contributed by atoms with van der Waals surface area (Å²) in [5.74, 6) is 2.54. The van der Waals surface area contributed by atoms with Gasteiger partial charge < -0.3 is 4.90 Å². The molecule has 0 spiro atoms. The van der Waals surface area contributed by atoms with Crippen molar-refractivity contribution in [3.05, 3.63) is 42.0 Å². The Hall–Kier alpha value is -1.30. The van der Waals surface area contributed by atoms with Crippen LogP contribution in [-0.2, 0) is 4.79 Å². The van der Waals surface area contributed by atoms with Crippen LogP contribution in [0.4, 0.5) is 0 Å². The minimum atomic E-state index is 0.273. The van der Waals surface area contributed by atoms with Gasteiger partial charge in [-0.15, -0.1) is 11.8 Å². The number of fused-ring (bicyclic) bond motifs is 1. The topological polar surface area (TPSA) is 26.8 Å². The molecule has 2 unspecified atom stereocenters. The lowest BCUT2D eigenvalue weighted by atomic mass is 9.49. The number of carbonyl (C=O) groups is 1. The second-order valence-corrected chi connectivity index (χ2v) is 11.1. The monoisotopic (exact) mass is 441 g/mol. The first-order valence-electron chi connectivity index (χ1n) is 12.1. The average Bonchev–Trinajstić information content (AvgIpc) is 2.81. The summed E-state index contributed by atoms with van der Waals surface area (Å²) in [5.41, 5.74) is 2.21. The van der Waals surface area contributed by atoms with Gasteiger partial charge in [-0.05, 0) is 48.8 Å². The van der Waals surface area contributed by atoms with E-state index < -0.39 is 0 Å². The first-order chi connectivity index (χ1) is 15.0. The molecule has 0 N–H and O–H groups in total. The molecule has 1 saturated carbocycles. The number of thioether (sulfide) groups is 1. The Labute approximate surface area is 193 Å². The third kappa shape index (κ3) is 5.37. The summed E-state index contributed by atoms with van der Waals surface area (Å²) in [6.07, 6.45) is 5.24. The second-order valence-electron chi connectivity index (χ2n) is 10.0. The fourth-order valence-electron chi connectivity index (χ4n) is 5.52. The van der Waals surface area contributed by atoms with E-state index in [1.807, 2.05) is 23.1 Å². The van der Waals surface area contributed by atoms with E-state index in [1.165, 1.54) is 17.7 Å². The number of nitrogens with zero attached hydrogens (tertiary/aromatic N) is 3. The van der Waals surface area contributed by atoms with E-state index in [0.717, 1.165) is 64.2 Å². The fraction of sp³-hybridized carbons (Fsp3) is 0.654. The molecular formula is C26H39N3OS. The zero-order valence-corrected chi connectivity index (χ0v) is 20.4. The van der Waals surface area contributed by atoms with Crippen molar-refractivity contribution < 1.29 is 4.79 Å². The minimum Gasteiger partial charge on any atom is -0.339 e. The Morgan fingerprint density at radius 3 is 2.55 bits per heavy atom. The van der Waals surface area contributed by atoms with Gasteiger partial charge >= 0.3 is 0 Å². The van der Waals surface area contributed by atoms with E-state index in [9.17, 15) is 4.79 Å². The molecule has 1 amide bonds. The van der Waals surface area contributed by atoms with Crippen molar-refractivity contribution in [3.8, 4) is 0 Å². The molecule has 1 aromatic carbocycles. The van der Waals surface area contributed by atoms with Crippen molar-refractivity contribution in [1.82, 2.24) is 14.7 Å². The quantitative estimate of drug-likeness (QED) is 0.423. The Morgan fingerprint density at radius 2 is 1.90 bits per heavy atom. The maximum atomic E-state index is 12.6. The predicted octanol–water partition coefficient (Wildman–Crippen LogP) is 4.24. The first kappa shape index (κ1) is 22.9. The predicted molar refractivity (Wildman–Crippen MR) is 130 cm³/mol. The molecule has 2 bridgehead atoms. The van der Waals surface area contributed by atoms with Crippen LogP contribution in [-0.4, -0.2) is 78.7 Å². The molecule has 0 aromatic heterocycles. The Bertz CT molecular complexity index is 770. The summed E-state index contributed by atoms with van der Waals surface area (Å²) in [6.45, 7) is 15.4. The van der Waals surface area contributed by atoms with Gasteiger partial charge in [0.2, 0.25) is 5.91 Å². The number of likely N-dealkylation sites (N-methyl/N-ethyl adjacent to an activating group) is 1. The van der Waals surface area contributed by atoms with Gasteiger partial charge in [-0.3, -0.25) is 14.6 Å². The van der Waals surface area contributed by atoms with Crippen molar-refractivity contribution in [2.24, 2.45) is 17.3 Å². The molecule has 0 radical (unpaired) electrons. The second kappa shape index (κ2) is 10.1. The van der Waals surface area contributed by atoms with Crippen molar-refractivity contribution in [3.63, 3.8) is 0 Å². The number of piperazine rings is 1. The van der Waals surface area contributed by atoms with Gasteiger partial charge in [-0.25, -0.2) is 0 Å². The van der Waals surface area contributed by atoms with Crippen LogP contribution in [0, 0.1) is 17.3 Å². The highest BCUT2D eigenvalue weighted by atomic mass is 32.2. The third-order valence-electron chi connectivity index (χ3n) is 8.00. The van der Waals surface area contributed by atoms with Gasteiger partial charge in [-0.2, -0.15) is 0 Å². The number of rotatable bonds is 9. The Kier molecular flexibility index (Phi) is 7.45. The standard InChI is InChI=1S/C26H39N3OS/c1-4-27(19-21-10-11-22-18-24(21)26(22,2)3)12-13-28-14-16-29(17-15-28)25(30)20-31-23-8-6-5-7-9-23/h5-10,22,24H,4,11-20H2,1-3H3. The van der Waals surface area contributed by atoms with Crippen LogP contribution in [0.15, 0.2) is 46.9 Å². The number of hydrogen-bond acceptors (Lipinski definition) is 4. The Morgan fingerprint density at radius 1 is 1.16 bits per heavy atom. The molecule has 1 aliphatic heterocycles. The van der Waals surface area contributed by atoms with Gasteiger partial charge in [-0.1, -0.05) is 50.6 Å². The van der Waals surface area contributed by atoms with E-state index in [1.54, 1.807) is 17.3 Å². The lowest BCUT2D eigenvalue weighted by Gasteiger charge is -2.57. The summed E-state index contributed by atoms with van der Waals surface area (Å²) in [4.78, 5) is 20.9. The summed E-state index contributed by atoms with van der Waals surface area (Å²) in [5, 5.41) is 0. The number of allylic oxidation sites excluding steroid dienone is 1. The smallest absolute Gasteiger partial charge is 0.233 e. The molecule has 5 heteroatoms. The number of amides is 1. The van der Waals surface area contributed by atoms with Crippen LogP contribution in [0.2, 0.25) is 0 Å². The highest BCUT2D eigenvalue weighted by Crippen LogP contribution is 2.59. The molecule has 5 rings (SSSR count). The number of benzene rings is 1. The number of carbonyl (C=O) groups excluding carboxylic acids is 1. The normalized spacial score (nSPS) is 25.3. The van der Waals surface area contributed by atoms with Gasteiger partial charge in [0.25, 0.3) is 0 Å². The Balaban J connectivity index is 1.16. The first-order valence-corrected chi connectivity index (χ1v) is 13.0. The van der Waals surface area contributed by atoms with E-state index in [-0.39, 0.29) is 5.91 Å². The van der Waals surface area contributed by atoms with Gasteiger partial charge in [0, 0.05) is 50.7 Å². The molecule has 170 valence electrons. The van der Waals surface area contributed by atoms with Crippen molar-refractivity contribution in [1.29, 1.82) is 0 Å². The highest BCUT2D eigenvalue weighted by Gasteiger charge is 2.51. The van der Waals surface area contributed by atoms with E-state index >= 15 is 0 Å². The maximum Gasteiger partial charge on any atom is 0.233 e. The molecule has 1 aromatic rings. The summed E-state index contributed by atoms with van der Waals surface area (Å²) >= 11 is 1.64. The van der Waals surface area contributed by atoms with Crippen LogP contribution in [0.5, 0.6) is 0 Å². The zero-order chi connectivity index (χ0) is 21.8. The summed E-state index contributed by atoms with van der Waals surface area (Å²) < 4.78 is 0. The number of hydrogen-bond donors (Lipinski definition) is 0. The van der Waals surface area contributed by atoms with Gasteiger partial charge in [0.15, 0.2) is 0 Å². The SMILES string of the molecule is CCN(CCN1CCN(C(=O)CSc2ccccc2)CC1)CC1=CCC2CC1C2(C)C. The molecule has 3 aliphatic carbocycles. The van der Waals surface area contributed by atoms with Crippen molar-refractivity contribution in [2.75, 3.05) is 58.1 Å². The summed E-state index contributed by atoms with van der Waals surface area (Å²) in [7, 11) is 0. The molecule has 31 heavy (non-hydrogen) atoms. The van der Waals surface area contributed by atoms with Gasteiger partial charge in [0.05, 0.1) is 5.75 Å². The van der Waals surface area contributed by atoms with Crippen LogP contribution in [0.25, 0.3) is 0 Å². The van der Waals surface area contributed by atoms with Crippen LogP contribution in [0.3, 0.4) is 0 Å². The van der Waals surface area contributed by atoms with Crippen LogP contribution in [0.1, 0.15) is 33.6 Å². The molecule has 2 fully saturated rings. The lowest BCUT2D eigenvalue weighted by Crippen LogP contribution is -2.52. The van der Waals surface area contributed by atoms with E-state index in [0.29, 0.717) is 11.2 Å². The lowest BCUT2D eigenvalue weighted by molar-refractivity contribution is -0.130. The fourth-order valence-corrected chi connectivity index (χ4v) is 6.34. The van der Waals surface area contributed by atoms with Crippen LogP contribution < -0.4 is 0 Å². The molecular weight excluding hydrogens is 402 g/mol. The van der Waals surface area contributed by atoms with E-state index in [2.05, 4.69) is 48.8 Å². The largest absolute Gasteiger partial charge is 0.339 e. The van der Waals surface area contributed by atoms with Crippen molar-refractivity contribution in [2.45, 2.75) is 38.5 Å². The molecule has 1 saturated heterocycles. The van der Waals surface area contributed by atoms with Crippen LogP contribution >= 0.6 is 11.8 Å². The molecule has 4 nitrogen and oxygen atoms in total. The van der Waals surface area contributed by atoms with E-state index in [4.69, 9.17) is 0 Å². The van der Waals surface area contributed by atoms with Gasteiger partial charge in [0.1, 0.15) is 0 Å². The molecule has 2 atom stereocenters. The minimum absolute atomic E-state index is 0.273. The summed E-state index contributed by atoms with van der Waals surface area (Å²) in [6, 6.07) is 10.2. The maximum absolute atomic E-state index is 12.6.